The average Bonchev–Trinajstić information content (AvgIpc) is 2.74. The van der Waals surface area contributed by atoms with E-state index in [1.165, 1.54) is 12.1 Å². The van der Waals surface area contributed by atoms with Crippen LogP contribution in [-0.2, 0) is 6.42 Å². The molecule has 1 aromatic rings. The van der Waals surface area contributed by atoms with Crippen LogP contribution in [0.25, 0.3) is 0 Å². The van der Waals surface area contributed by atoms with Gasteiger partial charge in [0.25, 0.3) is 5.69 Å². The quantitative estimate of drug-likeness (QED) is 0.617. The van der Waals surface area contributed by atoms with E-state index in [2.05, 4.69) is 13.0 Å². The van der Waals surface area contributed by atoms with Gasteiger partial charge in [-0.15, -0.1) is 0 Å². The van der Waals surface area contributed by atoms with Gasteiger partial charge in [-0.3, -0.25) is 10.1 Å². The third-order valence-corrected chi connectivity index (χ3v) is 4.22. The van der Waals surface area contributed by atoms with E-state index in [0.29, 0.717) is 17.4 Å². The Morgan fingerprint density at radius 3 is 2.84 bits per heavy atom. The van der Waals surface area contributed by atoms with Gasteiger partial charge in [0.2, 0.25) is 0 Å². The van der Waals surface area contributed by atoms with Gasteiger partial charge in [-0.2, -0.15) is 5.26 Å². The van der Waals surface area contributed by atoms with E-state index in [1.807, 2.05) is 0 Å². The van der Waals surface area contributed by atoms with Crippen LogP contribution in [0.3, 0.4) is 0 Å². The lowest BCUT2D eigenvalue weighted by Gasteiger charge is -2.21. The van der Waals surface area contributed by atoms with Gasteiger partial charge in [0.05, 0.1) is 21.4 Å². The maximum absolute atomic E-state index is 10.7. The number of nitro benzene ring substituents is 1. The maximum atomic E-state index is 10.7. The topological polar surface area (TPSA) is 66.9 Å². The molecule has 0 spiro atoms. The Labute approximate surface area is 117 Å². The van der Waals surface area contributed by atoms with Gasteiger partial charge in [0.1, 0.15) is 0 Å². The Hall–Kier alpha value is -1.60. The van der Waals surface area contributed by atoms with Gasteiger partial charge in [0.15, 0.2) is 0 Å². The molecule has 1 saturated carbocycles. The minimum Gasteiger partial charge on any atom is -0.258 e. The Balaban J connectivity index is 2.24. The zero-order chi connectivity index (χ0) is 14.0. The van der Waals surface area contributed by atoms with Gasteiger partial charge in [-0.1, -0.05) is 24.6 Å². The molecule has 2 rings (SSSR count). The van der Waals surface area contributed by atoms with Crippen molar-refractivity contribution in [3.63, 3.8) is 0 Å². The maximum Gasteiger partial charge on any atom is 0.270 e. The van der Waals surface area contributed by atoms with E-state index in [9.17, 15) is 15.4 Å². The zero-order valence-corrected chi connectivity index (χ0v) is 11.5. The Morgan fingerprint density at radius 2 is 2.37 bits per heavy atom. The van der Waals surface area contributed by atoms with E-state index in [0.717, 1.165) is 24.8 Å². The van der Waals surface area contributed by atoms with Crippen molar-refractivity contribution in [3.8, 4) is 6.07 Å². The van der Waals surface area contributed by atoms with Crippen LogP contribution in [-0.4, -0.2) is 4.92 Å². The predicted octanol–water partition coefficient (Wildman–Crippen LogP) is 4.12. The first-order valence-electron chi connectivity index (χ1n) is 6.30. The Bertz CT molecular complexity index is 553. The molecular weight excluding hydrogens is 264 g/mol. The summed E-state index contributed by atoms with van der Waals surface area (Å²) in [7, 11) is 0. The number of nitro groups is 1. The Kier molecular flexibility index (Phi) is 3.77. The van der Waals surface area contributed by atoms with E-state index in [1.54, 1.807) is 6.07 Å². The SMILES string of the molecule is CC1CCC(C#N)(Cc2ccc([N+](=O)[O-])cc2Cl)C1. The highest BCUT2D eigenvalue weighted by atomic mass is 35.5. The molecule has 2 unspecified atom stereocenters. The lowest BCUT2D eigenvalue weighted by molar-refractivity contribution is -0.384. The highest BCUT2D eigenvalue weighted by Crippen LogP contribution is 2.44. The minimum absolute atomic E-state index is 0.0143. The largest absolute Gasteiger partial charge is 0.270 e. The third-order valence-electron chi connectivity index (χ3n) is 3.87. The van der Waals surface area contributed by atoms with Crippen LogP contribution in [0.4, 0.5) is 5.69 Å². The number of nitriles is 1. The molecular formula is C14H15ClN2O2. The van der Waals surface area contributed by atoms with Crippen molar-refractivity contribution in [2.75, 3.05) is 0 Å². The average molecular weight is 279 g/mol. The number of halogens is 1. The van der Waals surface area contributed by atoms with Gasteiger partial charge in [-0.05, 0) is 37.2 Å². The van der Waals surface area contributed by atoms with E-state index in [-0.39, 0.29) is 11.1 Å². The standard InChI is InChI=1S/C14H15ClN2O2/c1-10-4-5-14(7-10,9-16)8-11-2-3-12(17(18)19)6-13(11)15/h2-3,6,10H,4-5,7-8H2,1H3. The number of rotatable bonds is 3. The van der Waals surface area contributed by atoms with Crippen LogP contribution in [0.1, 0.15) is 31.7 Å². The molecule has 0 aliphatic heterocycles. The van der Waals surface area contributed by atoms with E-state index >= 15 is 0 Å². The second-order valence-corrected chi connectivity index (χ2v) is 5.86. The van der Waals surface area contributed by atoms with Crippen molar-refractivity contribution >= 4 is 17.3 Å². The van der Waals surface area contributed by atoms with Crippen LogP contribution in [0.2, 0.25) is 5.02 Å². The molecule has 100 valence electrons. The van der Waals surface area contributed by atoms with Crippen LogP contribution >= 0.6 is 11.6 Å². The molecule has 0 amide bonds. The van der Waals surface area contributed by atoms with Crippen LogP contribution in [0.5, 0.6) is 0 Å². The number of nitrogens with zero attached hydrogens (tertiary/aromatic N) is 2. The fraction of sp³-hybridized carbons (Fsp3) is 0.500. The molecule has 4 nitrogen and oxygen atoms in total. The number of benzene rings is 1. The minimum atomic E-state index is -0.465. The molecule has 19 heavy (non-hydrogen) atoms. The molecule has 0 heterocycles. The predicted molar refractivity (Wildman–Crippen MR) is 72.9 cm³/mol. The van der Waals surface area contributed by atoms with Gasteiger partial charge < -0.3 is 0 Å². The van der Waals surface area contributed by atoms with Crippen molar-refractivity contribution in [3.05, 3.63) is 38.9 Å². The second-order valence-electron chi connectivity index (χ2n) is 5.45. The first kappa shape index (κ1) is 13.8. The molecule has 1 aromatic carbocycles. The monoisotopic (exact) mass is 278 g/mol. The number of hydrogen-bond donors (Lipinski definition) is 0. The summed E-state index contributed by atoms with van der Waals surface area (Å²) in [5.41, 5.74) is 0.446. The summed E-state index contributed by atoms with van der Waals surface area (Å²) in [4.78, 5) is 10.2. The van der Waals surface area contributed by atoms with Gasteiger partial charge in [-0.25, -0.2) is 0 Å². The van der Waals surface area contributed by atoms with Crippen LogP contribution in [0, 0.1) is 32.8 Å². The summed E-state index contributed by atoms with van der Waals surface area (Å²) in [5.74, 6) is 0.552. The highest BCUT2D eigenvalue weighted by molar-refractivity contribution is 6.31. The van der Waals surface area contributed by atoms with E-state index in [4.69, 9.17) is 11.6 Å². The molecule has 0 N–H and O–H groups in total. The first-order valence-corrected chi connectivity index (χ1v) is 6.68. The first-order chi connectivity index (χ1) is 8.96. The van der Waals surface area contributed by atoms with Gasteiger partial charge >= 0.3 is 0 Å². The fourth-order valence-electron chi connectivity index (χ4n) is 2.85. The molecule has 1 aliphatic rings. The number of non-ortho nitro benzene ring substituents is 1. The van der Waals surface area contributed by atoms with Crippen LogP contribution < -0.4 is 0 Å². The molecule has 2 atom stereocenters. The summed E-state index contributed by atoms with van der Waals surface area (Å²) >= 11 is 6.09. The normalized spacial score (nSPS) is 26.1. The van der Waals surface area contributed by atoms with E-state index < -0.39 is 4.92 Å². The van der Waals surface area contributed by atoms with Gasteiger partial charge in [0, 0.05) is 12.1 Å². The second kappa shape index (κ2) is 5.18. The lowest BCUT2D eigenvalue weighted by atomic mass is 9.81. The molecule has 1 fully saturated rings. The summed E-state index contributed by atoms with van der Waals surface area (Å²) in [6.45, 7) is 2.15. The molecule has 5 heteroatoms. The lowest BCUT2D eigenvalue weighted by Crippen LogP contribution is -2.18. The summed E-state index contributed by atoms with van der Waals surface area (Å²) < 4.78 is 0. The summed E-state index contributed by atoms with van der Waals surface area (Å²) in [6, 6.07) is 6.91. The smallest absolute Gasteiger partial charge is 0.258 e. The Morgan fingerprint density at radius 1 is 1.63 bits per heavy atom. The molecule has 1 aliphatic carbocycles. The van der Waals surface area contributed by atoms with Crippen molar-refractivity contribution < 1.29 is 4.92 Å². The summed E-state index contributed by atoms with van der Waals surface area (Å²) in [5, 5.41) is 20.5. The van der Waals surface area contributed by atoms with Crippen molar-refractivity contribution in [1.82, 2.24) is 0 Å². The number of hydrogen-bond acceptors (Lipinski definition) is 3. The highest BCUT2D eigenvalue weighted by Gasteiger charge is 2.38. The van der Waals surface area contributed by atoms with Crippen molar-refractivity contribution in [1.29, 1.82) is 5.26 Å². The fourth-order valence-corrected chi connectivity index (χ4v) is 3.09. The van der Waals surface area contributed by atoms with Crippen molar-refractivity contribution in [2.45, 2.75) is 32.6 Å². The molecule has 0 bridgehead atoms. The van der Waals surface area contributed by atoms with Crippen LogP contribution in [0.15, 0.2) is 18.2 Å². The zero-order valence-electron chi connectivity index (χ0n) is 10.7. The molecule has 0 radical (unpaired) electrons. The molecule has 0 aromatic heterocycles. The summed E-state index contributed by atoms with van der Waals surface area (Å²) in [6.07, 6.45) is 3.37. The van der Waals surface area contributed by atoms with Crippen molar-refractivity contribution in [2.24, 2.45) is 11.3 Å². The molecule has 0 saturated heterocycles. The third kappa shape index (κ3) is 2.87.